The summed E-state index contributed by atoms with van der Waals surface area (Å²) in [6.07, 6.45) is 5.21. The summed E-state index contributed by atoms with van der Waals surface area (Å²) in [6, 6.07) is 3.93. The number of nitrogens with zero attached hydrogens (tertiary/aromatic N) is 3. The Kier molecular flexibility index (Phi) is 8.81. The first-order valence-corrected chi connectivity index (χ1v) is 8.45. The Balaban J connectivity index is 0.00000144. The van der Waals surface area contributed by atoms with Gasteiger partial charge in [-0.25, -0.2) is 4.98 Å². The number of hydrogen-bond acceptors (Lipinski definition) is 4. The molecule has 0 spiro atoms. The van der Waals surface area contributed by atoms with Crippen molar-refractivity contribution in [2.45, 2.75) is 26.2 Å². The highest BCUT2D eigenvalue weighted by atomic mass is 35.5. The Bertz CT molecular complexity index is 496. The molecule has 1 amide bonds. The van der Waals surface area contributed by atoms with E-state index in [2.05, 4.69) is 22.1 Å². The lowest BCUT2D eigenvalue weighted by atomic mass is 9.99. The SMILES string of the molecule is CC1CCN(c2ccc(C(=O)N3CCCNCC3)cn2)CC1.Cl.Cl. The predicted octanol–water partition coefficient (Wildman–Crippen LogP) is 2.60. The lowest BCUT2D eigenvalue weighted by Crippen LogP contribution is -2.35. The van der Waals surface area contributed by atoms with Crippen LogP contribution < -0.4 is 10.2 Å². The summed E-state index contributed by atoms with van der Waals surface area (Å²) >= 11 is 0. The van der Waals surface area contributed by atoms with Crippen molar-refractivity contribution in [2.75, 3.05) is 44.2 Å². The summed E-state index contributed by atoms with van der Waals surface area (Å²) in [5, 5.41) is 3.32. The Morgan fingerprint density at radius 1 is 1.12 bits per heavy atom. The molecule has 1 aromatic heterocycles. The average Bonchev–Trinajstić information content (AvgIpc) is 2.84. The summed E-state index contributed by atoms with van der Waals surface area (Å²) in [5.74, 6) is 1.92. The molecule has 0 saturated carbocycles. The summed E-state index contributed by atoms with van der Waals surface area (Å²) in [6.45, 7) is 7.93. The number of rotatable bonds is 2. The number of anilines is 1. The van der Waals surface area contributed by atoms with E-state index in [0.717, 1.165) is 57.4 Å². The largest absolute Gasteiger partial charge is 0.357 e. The van der Waals surface area contributed by atoms with E-state index in [9.17, 15) is 4.79 Å². The third kappa shape index (κ3) is 5.23. The predicted molar refractivity (Wildman–Crippen MR) is 103 cm³/mol. The standard InChI is InChI=1S/C17H26N4O.2ClH/c1-14-5-10-20(11-6-14)16-4-3-15(13-19-16)17(22)21-9-2-7-18-8-12-21;;/h3-4,13-14,18H,2,5-12H2,1H3;2*1H. The van der Waals surface area contributed by atoms with Crippen LogP contribution in [0.15, 0.2) is 18.3 Å². The summed E-state index contributed by atoms with van der Waals surface area (Å²) in [7, 11) is 0. The minimum absolute atomic E-state index is 0. The van der Waals surface area contributed by atoms with Crippen LogP contribution in [-0.4, -0.2) is 55.1 Å². The fourth-order valence-electron chi connectivity index (χ4n) is 3.17. The van der Waals surface area contributed by atoms with Gasteiger partial charge in [0.15, 0.2) is 0 Å². The van der Waals surface area contributed by atoms with Gasteiger partial charge in [0.1, 0.15) is 5.82 Å². The maximum Gasteiger partial charge on any atom is 0.255 e. The first-order chi connectivity index (χ1) is 10.7. The number of aromatic nitrogens is 1. The van der Waals surface area contributed by atoms with Crippen molar-refractivity contribution in [2.24, 2.45) is 5.92 Å². The van der Waals surface area contributed by atoms with Crippen molar-refractivity contribution in [1.82, 2.24) is 15.2 Å². The molecule has 1 N–H and O–H groups in total. The molecule has 3 rings (SSSR count). The van der Waals surface area contributed by atoms with Crippen molar-refractivity contribution in [3.8, 4) is 0 Å². The Labute approximate surface area is 157 Å². The van der Waals surface area contributed by atoms with E-state index in [1.54, 1.807) is 6.20 Å². The van der Waals surface area contributed by atoms with Crippen LogP contribution in [-0.2, 0) is 0 Å². The monoisotopic (exact) mass is 374 g/mol. The van der Waals surface area contributed by atoms with Crippen molar-refractivity contribution >= 4 is 36.5 Å². The number of piperidine rings is 1. The quantitative estimate of drug-likeness (QED) is 0.863. The number of amides is 1. The van der Waals surface area contributed by atoms with Gasteiger partial charge in [0.2, 0.25) is 0 Å². The second kappa shape index (κ2) is 10.1. The number of pyridine rings is 1. The molecule has 0 radical (unpaired) electrons. The smallest absolute Gasteiger partial charge is 0.255 e. The van der Waals surface area contributed by atoms with E-state index in [4.69, 9.17) is 0 Å². The van der Waals surface area contributed by atoms with E-state index >= 15 is 0 Å². The molecular weight excluding hydrogens is 347 g/mol. The molecule has 2 fully saturated rings. The highest BCUT2D eigenvalue weighted by Crippen LogP contribution is 2.21. The van der Waals surface area contributed by atoms with Crippen LogP contribution in [0.1, 0.15) is 36.5 Å². The van der Waals surface area contributed by atoms with Crippen molar-refractivity contribution in [3.63, 3.8) is 0 Å². The van der Waals surface area contributed by atoms with E-state index in [1.165, 1.54) is 12.8 Å². The van der Waals surface area contributed by atoms with E-state index in [0.29, 0.717) is 5.56 Å². The molecule has 5 nitrogen and oxygen atoms in total. The topological polar surface area (TPSA) is 48.5 Å². The molecule has 0 unspecified atom stereocenters. The van der Waals surface area contributed by atoms with Crippen LogP contribution in [0, 0.1) is 5.92 Å². The maximum absolute atomic E-state index is 12.5. The lowest BCUT2D eigenvalue weighted by molar-refractivity contribution is 0.0766. The zero-order chi connectivity index (χ0) is 15.4. The molecule has 0 bridgehead atoms. The number of carbonyl (C=O) groups is 1. The minimum atomic E-state index is 0. The number of nitrogens with one attached hydrogen (secondary N) is 1. The van der Waals surface area contributed by atoms with Crippen LogP contribution in [0.25, 0.3) is 0 Å². The van der Waals surface area contributed by atoms with Crippen LogP contribution in [0.5, 0.6) is 0 Å². The fourth-order valence-corrected chi connectivity index (χ4v) is 3.17. The molecule has 3 heterocycles. The normalized spacial score (nSPS) is 19.0. The van der Waals surface area contributed by atoms with Gasteiger partial charge in [-0.1, -0.05) is 6.92 Å². The summed E-state index contributed by atoms with van der Waals surface area (Å²) in [4.78, 5) is 21.3. The third-order valence-electron chi connectivity index (χ3n) is 4.73. The fraction of sp³-hybridized carbons (Fsp3) is 0.647. The third-order valence-corrected chi connectivity index (χ3v) is 4.73. The minimum Gasteiger partial charge on any atom is -0.357 e. The average molecular weight is 375 g/mol. The highest BCUT2D eigenvalue weighted by molar-refractivity contribution is 5.94. The summed E-state index contributed by atoms with van der Waals surface area (Å²) < 4.78 is 0. The van der Waals surface area contributed by atoms with Gasteiger partial charge in [-0.2, -0.15) is 0 Å². The Morgan fingerprint density at radius 2 is 1.88 bits per heavy atom. The highest BCUT2D eigenvalue weighted by Gasteiger charge is 2.19. The molecule has 2 aliphatic rings. The van der Waals surface area contributed by atoms with Crippen LogP contribution >= 0.6 is 24.8 Å². The lowest BCUT2D eigenvalue weighted by Gasteiger charge is -2.31. The number of hydrogen-bond donors (Lipinski definition) is 1. The van der Waals surface area contributed by atoms with Crippen molar-refractivity contribution < 1.29 is 4.79 Å². The van der Waals surface area contributed by atoms with Crippen LogP contribution in [0.4, 0.5) is 5.82 Å². The van der Waals surface area contributed by atoms with Gasteiger partial charge in [-0.15, -0.1) is 24.8 Å². The van der Waals surface area contributed by atoms with E-state index in [-0.39, 0.29) is 30.7 Å². The zero-order valence-electron chi connectivity index (χ0n) is 14.2. The Hall–Kier alpha value is -1.04. The molecule has 136 valence electrons. The molecule has 24 heavy (non-hydrogen) atoms. The summed E-state index contributed by atoms with van der Waals surface area (Å²) in [5.41, 5.74) is 0.705. The van der Waals surface area contributed by atoms with Gasteiger partial charge < -0.3 is 15.1 Å². The maximum atomic E-state index is 12.5. The number of carbonyl (C=O) groups excluding carboxylic acids is 1. The van der Waals surface area contributed by atoms with Gasteiger partial charge >= 0.3 is 0 Å². The van der Waals surface area contributed by atoms with Gasteiger partial charge in [0, 0.05) is 38.9 Å². The van der Waals surface area contributed by atoms with Gasteiger partial charge in [-0.05, 0) is 43.9 Å². The van der Waals surface area contributed by atoms with Crippen molar-refractivity contribution in [3.05, 3.63) is 23.9 Å². The Morgan fingerprint density at radius 3 is 2.54 bits per heavy atom. The molecule has 2 saturated heterocycles. The van der Waals surface area contributed by atoms with E-state index in [1.807, 2.05) is 17.0 Å². The first kappa shape index (κ1) is 21.0. The number of halogens is 2. The zero-order valence-corrected chi connectivity index (χ0v) is 15.9. The van der Waals surface area contributed by atoms with Crippen LogP contribution in [0.2, 0.25) is 0 Å². The van der Waals surface area contributed by atoms with Gasteiger partial charge in [0.25, 0.3) is 5.91 Å². The molecule has 7 heteroatoms. The van der Waals surface area contributed by atoms with Crippen molar-refractivity contribution in [1.29, 1.82) is 0 Å². The molecule has 1 aromatic rings. The van der Waals surface area contributed by atoms with E-state index < -0.39 is 0 Å². The van der Waals surface area contributed by atoms with Gasteiger partial charge in [0.05, 0.1) is 5.56 Å². The molecule has 0 atom stereocenters. The molecule has 0 aromatic carbocycles. The molecular formula is C17H28Cl2N4O. The first-order valence-electron chi connectivity index (χ1n) is 8.45. The molecule has 2 aliphatic heterocycles. The second-order valence-corrected chi connectivity index (χ2v) is 6.47. The molecule has 0 aliphatic carbocycles. The second-order valence-electron chi connectivity index (χ2n) is 6.47. The van der Waals surface area contributed by atoms with Gasteiger partial charge in [-0.3, -0.25) is 4.79 Å². The van der Waals surface area contributed by atoms with Crippen LogP contribution in [0.3, 0.4) is 0 Å².